The summed E-state index contributed by atoms with van der Waals surface area (Å²) in [6, 6.07) is 10.3. The third-order valence-electron chi connectivity index (χ3n) is 6.59. The average molecular weight is 568 g/mol. The van der Waals surface area contributed by atoms with Gasteiger partial charge in [0.25, 0.3) is 21.8 Å². The Bertz CT molecular complexity index is 1510. The number of hydrogen-bond donors (Lipinski definition) is 2. The zero-order chi connectivity index (χ0) is 28.9. The second-order valence-electron chi connectivity index (χ2n) is 10.0. The number of hydrogen-bond acceptors (Lipinski definition) is 9. The van der Waals surface area contributed by atoms with Crippen molar-refractivity contribution in [2.75, 3.05) is 20.2 Å². The van der Waals surface area contributed by atoms with Gasteiger partial charge in [-0.15, -0.1) is 0 Å². The molecule has 3 aromatic rings. The van der Waals surface area contributed by atoms with Crippen LogP contribution in [0.4, 0.5) is 0 Å². The molecular formula is C28H33N5O6S. The average Bonchev–Trinajstić information content (AvgIpc) is 3.16. The first-order chi connectivity index (χ1) is 19.1. The first-order valence-electron chi connectivity index (χ1n) is 13.1. The maximum absolute atomic E-state index is 14.2. The van der Waals surface area contributed by atoms with Crippen molar-refractivity contribution in [2.45, 2.75) is 50.1 Å². The van der Waals surface area contributed by atoms with Gasteiger partial charge in [0, 0.05) is 6.07 Å². The Morgan fingerprint density at radius 3 is 2.62 bits per heavy atom. The van der Waals surface area contributed by atoms with E-state index in [2.05, 4.69) is 20.6 Å². The topological polar surface area (TPSA) is 148 Å². The summed E-state index contributed by atoms with van der Waals surface area (Å²) in [5.74, 6) is -1.80. The van der Waals surface area contributed by atoms with E-state index in [-0.39, 0.29) is 41.6 Å². The molecule has 4 rings (SSSR count). The summed E-state index contributed by atoms with van der Waals surface area (Å²) in [5, 5.41) is 5.65. The molecule has 12 heteroatoms. The number of sulfonamides is 1. The van der Waals surface area contributed by atoms with E-state index in [1.165, 1.54) is 31.5 Å². The van der Waals surface area contributed by atoms with Crippen LogP contribution in [-0.2, 0) is 19.6 Å². The van der Waals surface area contributed by atoms with Gasteiger partial charge in [0.15, 0.2) is 5.78 Å². The molecule has 1 unspecified atom stereocenters. The molecule has 0 saturated carbocycles. The van der Waals surface area contributed by atoms with Crippen molar-refractivity contribution >= 4 is 38.7 Å². The maximum atomic E-state index is 14.2. The first kappa shape index (κ1) is 29.1. The minimum atomic E-state index is -4.52. The highest BCUT2D eigenvalue weighted by Gasteiger charge is 2.43. The maximum Gasteiger partial charge on any atom is 0.272 e. The lowest BCUT2D eigenvalue weighted by atomic mass is 10.0. The molecule has 1 fully saturated rings. The Balaban J connectivity index is 1.74. The fraction of sp³-hybridized carbons (Fsp3) is 0.393. The molecule has 2 N–H and O–H groups in total. The molecule has 0 bridgehead atoms. The Kier molecular flexibility index (Phi) is 9.10. The zero-order valence-corrected chi connectivity index (χ0v) is 23.5. The fourth-order valence-electron chi connectivity index (χ4n) is 4.62. The van der Waals surface area contributed by atoms with Gasteiger partial charge in [0.2, 0.25) is 0 Å². The molecule has 0 aliphatic carbocycles. The summed E-state index contributed by atoms with van der Waals surface area (Å²) in [6.45, 7) is 4.14. The molecular weight excluding hydrogens is 534 g/mol. The van der Waals surface area contributed by atoms with E-state index in [1.54, 1.807) is 30.3 Å². The lowest BCUT2D eigenvalue weighted by Crippen LogP contribution is -2.56. The monoisotopic (exact) mass is 567 g/mol. The molecule has 1 aliphatic rings. The van der Waals surface area contributed by atoms with E-state index >= 15 is 0 Å². The molecule has 1 aliphatic heterocycles. The standard InChI is InChI=1S/C28H33N5O6S/c1-18(2)14-23(32-27(35)24-16-30-21-10-4-5-11-22(21)31-24)28(36)33(25-12-7-13-29-17-26(25)34)40(37,38)20-9-6-8-19(15-20)39-3/h4-6,8-11,15-16,18,23,25,29H,7,12-14,17H2,1-3H3,(H,32,35)/t23?,25-/m0/s1. The van der Waals surface area contributed by atoms with Gasteiger partial charge < -0.3 is 15.4 Å². The van der Waals surface area contributed by atoms with E-state index in [0.717, 1.165) is 0 Å². The molecule has 2 amide bonds. The lowest BCUT2D eigenvalue weighted by Gasteiger charge is -2.33. The Morgan fingerprint density at radius 1 is 1.15 bits per heavy atom. The molecule has 212 valence electrons. The largest absolute Gasteiger partial charge is 0.497 e. The van der Waals surface area contributed by atoms with Crippen LogP contribution in [0.5, 0.6) is 5.75 Å². The number of carbonyl (C=O) groups is 3. The number of ether oxygens (including phenoxy) is 1. The minimum Gasteiger partial charge on any atom is -0.497 e. The number of Topliss-reactive ketones (excluding diaryl/α,β-unsaturated/α-hetero) is 1. The third-order valence-corrected chi connectivity index (χ3v) is 8.39. The second-order valence-corrected chi connectivity index (χ2v) is 11.8. The fourth-order valence-corrected chi connectivity index (χ4v) is 6.28. The van der Waals surface area contributed by atoms with Gasteiger partial charge in [0.05, 0.1) is 35.8 Å². The van der Waals surface area contributed by atoms with Crippen LogP contribution in [0.1, 0.15) is 43.6 Å². The van der Waals surface area contributed by atoms with Crippen molar-refractivity contribution in [1.29, 1.82) is 0 Å². The summed E-state index contributed by atoms with van der Waals surface area (Å²) < 4.78 is 33.9. The highest BCUT2D eigenvalue weighted by atomic mass is 32.2. The molecule has 2 aromatic carbocycles. The number of ketones is 1. The second kappa shape index (κ2) is 12.5. The van der Waals surface area contributed by atoms with Crippen LogP contribution < -0.4 is 15.4 Å². The van der Waals surface area contributed by atoms with Gasteiger partial charge in [-0.25, -0.2) is 17.7 Å². The van der Waals surface area contributed by atoms with Crippen molar-refractivity contribution in [1.82, 2.24) is 24.9 Å². The molecule has 0 radical (unpaired) electrons. The van der Waals surface area contributed by atoms with Crippen molar-refractivity contribution in [3.05, 3.63) is 60.4 Å². The minimum absolute atomic E-state index is 0.0165. The van der Waals surface area contributed by atoms with Crippen LogP contribution in [-0.4, -0.2) is 72.6 Å². The van der Waals surface area contributed by atoms with E-state index < -0.39 is 39.7 Å². The SMILES string of the molecule is COc1cccc(S(=O)(=O)N(C(=O)C(CC(C)C)NC(=O)c2cnc3ccccc3n2)[C@H]2CCCNCC2=O)c1. The van der Waals surface area contributed by atoms with Gasteiger partial charge in [-0.05, 0) is 56.0 Å². The van der Waals surface area contributed by atoms with Crippen LogP contribution >= 0.6 is 0 Å². The summed E-state index contributed by atoms with van der Waals surface area (Å²) in [5.41, 5.74) is 1.09. The number of rotatable bonds is 9. The van der Waals surface area contributed by atoms with Crippen LogP contribution in [0.15, 0.2) is 59.6 Å². The smallest absolute Gasteiger partial charge is 0.272 e. The van der Waals surface area contributed by atoms with Gasteiger partial charge >= 0.3 is 0 Å². The number of nitrogens with zero attached hydrogens (tertiary/aromatic N) is 3. The summed E-state index contributed by atoms with van der Waals surface area (Å²) in [4.78, 5) is 49.0. The Labute approximate surface area is 233 Å². The first-order valence-corrected chi connectivity index (χ1v) is 14.5. The summed E-state index contributed by atoms with van der Waals surface area (Å²) >= 11 is 0. The van der Waals surface area contributed by atoms with Crippen molar-refractivity contribution in [3.8, 4) is 5.75 Å². The number of carbonyl (C=O) groups excluding carboxylic acids is 3. The van der Waals surface area contributed by atoms with Crippen molar-refractivity contribution in [2.24, 2.45) is 5.92 Å². The van der Waals surface area contributed by atoms with Crippen molar-refractivity contribution < 1.29 is 27.5 Å². The van der Waals surface area contributed by atoms with E-state index in [9.17, 15) is 22.8 Å². The predicted molar refractivity (Wildman–Crippen MR) is 148 cm³/mol. The quantitative estimate of drug-likeness (QED) is 0.397. The highest BCUT2D eigenvalue weighted by Crippen LogP contribution is 2.27. The number of benzene rings is 2. The number of methoxy groups -OCH3 is 1. The van der Waals surface area contributed by atoms with E-state index in [4.69, 9.17) is 4.74 Å². The van der Waals surface area contributed by atoms with Crippen LogP contribution in [0.25, 0.3) is 11.0 Å². The number of para-hydroxylation sites is 2. The van der Waals surface area contributed by atoms with Crippen LogP contribution in [0.3, 0.4) is 0 Å². The molecule has 11 nitrogen and oxygen atoms in total. The Hall–Kier alpha value is -3.90. The number of amides is 2. The normalized spacial score (nSPS) is 16.8. The molecule has 2 atom stereocenters. The molecule has 2 heterocycles. The molecule has 1 aromatic heterocycles. The van der Waals surface area contributed by atoms with Crippen LogP contribution in [0, 0.1) is 5.92 Å². The number of fused-ring (bicyclic) bond motifs is 1. The van der Waals surface area contributed by atoms with Gasteiger partial charge in [-0.3, -0.25) is 19.4 Å². The predicted octanol–water partition coefficient (Wildman–Crippen LogP) is 2.32. The molecule has 1 saturated heterocycles. The van der Waals surface area contributed by atoms with E-state index in [0.29, 0.717) is 28.3 Å². The van der Waals surface area contributed by atoms with Crippen molar-refractivity contribution in [3.63, 3.8) is 0 Å². The molecule has 0 spiro atoms. The van der Waals surface area contributed by atoms with Gasteiger partial charge in [-0.2, -0.15) is 0 Å². The van der Waals surface area contributed by atoms with Gasteiger partial charge in [-0.1, -0.05) is 32.0 Å². The van der Waals surface area contributed by atoms with Gasteiger partial charge in [0.1, 0.15) is 23.5 Å². The summed E-state index contributed by atoms with van der Waals surface area (Å²) in [6.07, 6.45) is 2.08. The number of aromatic nitrogens is 2. The lowest BCUT2D eigenvalue weighted by molar-refractivity contribution is -0.135. The summed E-state index contributed by atoms with van der Waals surface area (Å²) in [7, 11) is -3.11. The molecule has 40 heavy (non-hydrogen) atoms. The number of nitrogens with one attached hydrogen (secondary N) is 2. The van der Waals surface area contributed by atoms with E-state index in [1.807, 2.05) is 13.8 Å². The highest BCUT2D eigenvalue weighted by molar-refractivity contribution is 7.89. The van der Waals surface area contributed by atoms with Crippen LogP contribution in [0.2, 0.25) is 0 Å². The third kappa shape index (κ3) is 6.45. The Morgan fingerprint density at radius 2 is 1.90 bits per heavy atom. The zero-order valence-electron chi connectivity index (χ0n) is 22.7.